The molecule has 0 fully saturated rings. The second kappa shape index (κ2) is 6.47. The maximum absolute atomic E-state index is 13.1. The molecule has 1 rings (SSSR count). The Labute approximate surface area is 105 Å². The van der Waals surface area contributed by atoms with Crippen molar-refractivity contribution in [3.05, 3.63) is 17.5 Å². The second-order valence-corrected chi connectivity index (χ2v) is 3.88. The van der Waals surface area contributed by atoms with Crippen LogP contribution >= 0.6 is 0 Å². The molecular weight excluding hydrogens is 242 g/mol. The molecule has 0 atom stereocenters. The number of hydrogen-bond donors (Lipinski definition) is 0. The van der Waals surface area contributed by atoms with Crippen molar-refractivity contribution in [1.82, 2.24) is 9.78 Å². The van der Waals surface area contributed by atoms with Gasteiger partial charge >= 0.3 is 5.97 Å². The molecule has 0 aliphatic rings. The Morgan fingerprint density at radius 2 is 2.00 bits per heavy atom. The van der Waals surface area contributed by atoms with Crippen LogP contribution in [0.2, 0.25) is 0 Å². The molecule has 0 unspecified atom stereocenters. The lowest BCUT2D eigenvalue weighted by atomic mass is 10.1. The lowest BCUT2D eigenvalue weighted by molar-refractivity contribution is 0.0512. The summed E-state index contributed by atoms with van der Waals surface area (Å²) in [5.74, 6) is -0.745. The number of carbonyl (C=O) groups excluding carboxylic acids is 1. The highest BCUT2D eigenvalue weighted by atomic mass is 19.3. The summed E-state index contributed by atoms with van der Waals surface area (Å²) in [5, 5.41) is 3.92. The normalized spacial score (nSPS) is 11.3. The average molecular weight is 260 g/mol. The summed E-state index contributed by atoms with van der Waals surface area (Å²) in [4.78, 5) is 11.6. The number of alkyl halides is 2. The van der Waals surface area contributed by atoms with Crippen LogP contribution in [0.1, 0.15) is 62.1 Å². The number of ether oxygens (including phenoxy) is 1. The van der Waals surface area contributed by atoms with Crippen molar-refractivity contribution in [2.75, 3.05) is 6.61 Å². The van der Waals surface area contributed by atoms with Gasteiger partial charge in [0.15, 0.2) is 0 Å². The molecular formula is C12H18F2N2O2. The van der Waals surface area contributed by atoms with Gasteiger partial charge in [0, 0.05) is 0 Å². The van der Waals surface area contributed by atoms with E-state index >= 15 is 0 Å². The summed E-state index contributed by atoms with van der Waals surface area (Å²) in [6.07, 6.45) is -0.217. The first kappa shape index (κ1) is 14.6. The van der Waals surface area contributed by atoms with Gasteiger partial charge < -0.3 is 4.74 Å². The van der Waals surface area contributed by atoms with E-state index in [1.807, 2.05) is 13.8 Å². The van der Waals surface area contributed by atoms with E-state index in [0.29, 0.717) is 12.8 Å². The maximum atomic E-state index is 13.1. The predicted molar refractivity (Wildman–Crippen MR) is 62.8 cm³/mol. The fourth-order valence-corrected chi connectivity index (χ4v) is 1.88. The molecule has 0 amide bonds. The number of esters is 1. The first-order chi connectivity index (χ1) is 8.56. The average Bonchev–Trinajstić information content (AvgIpc) is 2.76. The quantitative estimate of drug-likeness (QED) is 0.737. The minimum absolute atomic E-state index is 0.128. The van der Waals surface area contributed by atoms with Gasteiger partial charge in [-0.25, -0.2) is 13.6 Å². The highest BCUT2D eigenvalue weighted by Gasteiger charge is 2.27. The molecule has 1 aromatic rings. The molecule has 1 aromatic heterocycles. The van der Waals surface area contributed by atoms with E-state index in [0.717, 1.165) is 6.20 Å². The van der Waals surface area contributed by atoms with Crippen LogP contribution in [0, 0.1) is 0 Å². The first-order valence-electron chi connectivity index (χ1n) is 6.09. The number of aromatic nitrogens is 2. The van der Waals surface area contributed by atoms with Crippen molar-refractivity contribution in [3.63, 3.8) is 0 Å². The van der Waals surface area contributed by atoms with Crippen LogP contribution in [0.5, 0.6) is 0 Å². The predicted octanol–water partition coefficient (Wildman–Crippen LogP) is 3.36. The highest BCUT2D eigenvalue weighted by molar-refractivity contribution is 5.90. The summed E-state index contributed by atoms with van der Waals surface area (Å²) in [5.41, 5.74) is -0.485. The van der Waals surface area contributed by atoms with Crippen LogP contribution in [-0.2, 0) is 4.74 Å². The molecule has 6 heteroatoms. The first-order valence-corrected chi connectivity index (χ1v) is 6.09. The van der Waals surface area contributed by atoms with Crippen LogP contribution < -0.4 is 0 Å². The number of hydrogen-bond acceptors (Lipinski definition) is 3. The minimum atomic E-state index is -2.74. The molecule has 0 aliphatic heterocycles. The van der Waals surface area contributed by atoms with E-state index < -0.39 is 12.4 Å². The van der Waals surface area contributed by atoms with Crippen molar-refractivity contribution >= 4 is 5.97 Å². The van der Waals surface area contributed by atoms with E-state index in [4.69, 9.17) is 4.74 Å². The van der Waals surface area contributed by atoms with E-state index in [1.165, 1.54) is 4.68 Å². The number of rotatable bonds is 6. The third kappa shape index (κ3) is 2.86. The molecule has 0 aliphatic carbocycles. The summed E-state index contributed by atoms with van der Waals surface area (Å²) in [6, 6.07) is -0.128. The van der Waals surface area contributed by atoms with Crippen molar-refractivity contribution < 1.29 is 18.3 Å². The molecule has 1 heterocycles. The van der Waals surface area contributed by atoms with Crippen molar-refractivity contribution in [2.24, 2.45) is 0 Å². The highest BCUT2D eigenvalue weighted by Crippen LogP contribution is 2.28. The smallest absolute Gasteiger partial charge is 0.341 e. The van der Waals surface area contributed by atoms with E-state index in [1.54, 1.807) is 6.92 Å². The molecule has 0 aromatic carbocycles. The zero-order valence-corrected chi connectivity index (χ0v) is 10.8. The molecule has 0 saturated carbocycles. The van der Waals surface area contributed by atoms with Crippen LogP contribution in [0.25, 0.3) is 0 Å². The molecule has 18 heavy (non-hydrogen) atoms. The lowest BCUT2D eigenvalue weighted by Crippen LogP contribution is -2.15. The van der Waals surface area contributed by atoms with Gasteiger partial charge in [0.2, 0.25) is 0 Å². The third-order valence-corrected chi connectivity index (χ3v) is 2.82. The second-order valence-electron chi connectivity index (χ2n) is 3.88. The molecule has 0 spiro atoms. The zero-order chi connectivity index (χ0) is 13.7. The van der Waals surface area contributed by atoms with Crippen molar-refractivity contribution in [1.29, 1.82) is 0 Å². The molecule has 0 saturated heterocycles. The van der Waals surface area contributed by atoms with Crippen LogP contribution in [0.3, 0.4) is 0 Å². The topological polar surface area (TPSA) is 44.1 Å². The number of carbonyl (C=O) groups is 1. The van der Waals surface area contributed by atoms with Gasteiger partial charge in [-0.2, -0.15) is 5.10 Å². The monoisotopic (exact) mass is 260 g/mol. The van der Waals surface area contributed by atoms with Crippen LogP contribution in [0.15, 0.2) is 6.20 Å². The molecule has 0 radical (unpaired) electrons. The lowest BCUT2D eigenvalue weighted by Gasteiger charge is -2.16. The molecule has 0 N–H and O–H groups in total. The molecule has 4 nitrogen and oxygen atoms in total. The summed E-state index contributed by atoms with van der Waals surface area (Å²) < 4.78 is 32.2. The SMILES string of the molecule is CCOC(=O)c1cnn(C(CC)CC)c1C(F)F. The Bertz CT molecular complexity index is 401. The Morgan fingerprint density at radius 1 is 1.39 bits per heavy atom. The largest absolute Gasteiger partial charge is 0.462 e. The number of halogens is 2. The van der Waals surface area contributed by atoms with Gasteiger partial charge in [-0.1, -0.05) is 13.8 Å². The van der Waals surface area contributed by atoms with Crippen LogP contribution in [-0.4, -0.2) is 22.4 Å². The van der Waals surface area contributed by atoms with E-state index in [9.17, 15) is 13.6 Å². The molecule has 0 bridgehead atoms. The Balaban J connectivity index is 3.18. The van der Waals surface area contributed by atoms with Crippen LogP contribution in [0.4, 0.5) is 8.78 Å². The third-order valence-electron chi connectivity index (χ3n) is 2.82. The van der Waals surface area contributed by atoms with Gasteiger partial charge in [0.25, 0.3) is 6.43 Å². The minimum Gasteiger partial charge on any atom is -0.462 e. The van der Waals surface area contributed by atoms with E-state index in [-0.39, 0.29) is 23.9 Å². The van der Waals surface area contributed by atoms with Crippen molar-refractivity contribution in [2.45, 2.75) is 46.1 Å². The van der Waals surface area contributed by atoms with Gasteiger partial charge in [0.05, 0.1) is 18.8 Å². The van der Waals surface area contributed by atoms with Gasteiger partial charge in [0.1, 0.15) is 11.3 Å². The summed E-state index contributed by atoms with van der Waals surface area (Å²) in [6.45, 7) is 5.58. The van der Waals surface area contributed by atoms with Crippen molar-refractivity contribution in [3.8, 4) is 0 Å². The maximum Gasteiger partial charge on any atom is 0.341 e. The summed E-state index contributed by atoms with van der Waals surface area (Å²) in [7, 11) is 0. The standard InChI is InChI=1S/C12H18F2N2O2/c1-4-8(5-2)16-10(11(13)14)9(7-15-16)12(17)18-6-3/h7-8,11H,4-6H2,1-3H3. The van der Waals surface area contributed by atoms with Gasteiger partial charge in [-0.3, -0.25) is 4.68 Å². The Morgan fingerprint density at radius 3 is 2.44 bits per heavy atom. The Kier molecular flexibility index (Phi) is 5.25. The van der Waals surface area contributed by atoms with Gasteiger partial charge in [-0.05, 0) is 19.8 Å². The van der Waals surface area contributed by atoms with E-state index in [2.05, 4.69) is 5.10 Å². The summed E-state index contributed by atoms with van der Waals surface area (Å²) >= 11 is 0. The fraction of sp³-hybridized carbons (Fsp3) is 0.667. The fourth-order valence-electron chi connectivity index (χ4n) is 1.88. The molecule has 102 valence electrons. The zero-order valence-electron chi connectivity index (χ0n) is 10.8. The Hall–Kier alpha value is -1.46. The number of nitrogens with zero attached hydrogens (tertiary/aromatic N) is 2. The van der Waals surface area contributed by atoms with Gasteiger partial charge in [-0.15, -0.1) is 0 Å².